The first-order chi connectivity index (χ1) is 13.7. The van der Waals surface area contributed by atoms with Gasteiger partial charge in [-0.2, -0.15) is 0 Å². The summed E-state index contributed by atoms with van der Waals surface area (Å²) in [5.41, 5.74) is 4.73. The number of aryl methyl sites for hydroxylation is 1. The number of nitrogens with zero attached hydrogens (tertiary/aromatic N) is 1. The lowest BCUT2D eigenvalue weighted by molar-refractivity contribution is -0.116. The van der Waals surface area contributed by atoms with Crippen LogP contribution in [0.2, 0.25) is 0 Å². The molecule has 4 aromatic rings. The van der Waals surface area contributed by atoms with Gasteiger partial charge in [0.05, 0.1) is 16.6 Å². The first kappa shape index (κ1) is 18.1. The van der Waals surface area contributed by atoms with E-state index in [1.807, 2.05) is 97.2 Å². The van der Waals surface area contributed by atoms with Crippen LogP contribution in [-0.2, 0) is 4.79 Å². The summed E-state index contributed by atoms with van der Waals surface area (Å²) in [5, 5.41) is 6.15. The second-order valence-electron chi connectivity index (χ2n) is 6.57. The molecule has 4 heteroatoms. The van der Waals surface area contributed by atoms with E-state index in [1.54, 1.807) is 11.3 Å². The number of carbonyl (C=O) groups excluding carboxylic acids is 1. The van der Waals surface area contributed by atoms with Gasteiger partial charge in [-0.25, -0.2) is 4.98 Å². The molecular weight excluding hydrogens is 364 g/mol. The van der Waals surface area contributed by atoms with E-state index in [4.69, 9.17) is 0 Å². The highest BCUT2D eigenvalue weighted by Crippen LogP contribution is 2.27. The molecule has 0 spiro atoms. The van der Waals surface area contributed by atoms with Crippen molar-refractivity contribution in [1.29, 1.82) is 0 Å². The summed E-state index contributed by atoms with van der Waals surface area (Å²) in [6, 6.07) is 27.6. The number of thiazole rings is 1. The maximum absolute atomic E-state index is 13.1. The second kappa shape index (κ2) is 8.19. The number of aromatic nitrogens is 1. The van der Waals surface area contributed by atoms with Crippen LogP contribution in [0, 0.1) is 6.92 Å². The smallest absolute Gasteiger partial charge is 0.236 e. The number of carbonyl (C=O) groups is 1. The molecule has 0 aliphatic heterocycles. The van der Waals surface area contributed by atoms with Gasteiger partial charge in [-0.3, -0.25) is 4.79 Å². The maximum atomic E-state index is 13.1. The zero-order valence-corrected chi connectivity index (χ0v) is 16.3. The van der Waals surface area contributed by atoms with Crippen LogP contribution in [-0.4, -0.2) is 10.9 Å². The van der Waals surface area contributed by atoms with Crippen LogP contribution in [0.25, 0.3) is 11.3 Å². The van der Waals surface area contributed by atoms with Gasteiger partial charge in [0.25, 0.3) is 0 Å². The highest BCUT2D eigenvalue weighted by Gasteiger charge is 2.22. The molecule has 0 bridgehead atoms. The van der Waals surface area contributed by atoms with Crippen molar-refractivity contribution in [1.82, 2.24) is 4.98 Å². The fraction of sp³-hybridized carbons (Fsp3) is 0.0833. The summed E-state index contributed by atoms with van der Waals surface area (Å²) >= 11 is 1.63. The molecule has 0 saturated heterocycles. The van der Waals surface area contributed by atoms with Crippen molar-refractivity contribution < 1.29 is 4.79 Å². The molecule has 1 heterocycles. The zero-order chi connectivity index (χ0) is 19.3. The van der Waals surface area contributed by atoms with E-state index in [-0.39, 0.29) is 11.8 Å². The number of benzene rings is 3. The van der Waals surface area contributed by atoms with Crippen LogP contribution in [0.3, 0.4) is 0 Å². The predicted molar refractivity (Wildman–Crippen MR) is 116 cm³/mol. The Kier molecular flexibility index (Phi) is 5.31. The number of amides is 1. The van der Waals surface area contributed by atoms with Gasteiger partial charge < -0.3 is 5.32 Å². The lowest BCUT2D eigenvalue weighted by Crippen LogP contribution is -2.22. The topological polar surface area (TPSA) is 42.0 Å². The van der Waals surface area contributed by atoms with Crippen molar-refractivity contribution in [3.63, 3.8) is 0 Å². The normalized spacial score (nSPS) is 10.8. The van der Waals surface area contributed by atoms with E-state index in [1.165, 1.54) is 0 Å². The zero-order valence-electron chi connectivity index (χ0n) is 15.5. The van der Waals surface area contributed by atoms with Crippen molar-refractivity contribution in [2.75, 3.05) is 5.32 Å². The Morgan fingerprint density at radius 2 is 1.43 bits per heavy atom. The molecule has 0 aliphatic rings. The van der Waals surface area contributed by atoms with Gasteiger partial charge in [-0.1, -0.05) is 72.8 Å². The van der Waals surface area contributed by atoms with Crippen molar-refractivity contribution in [2.24, 2.45) is 0 Å². The van der Waals surface area contributed by atoms with Crippen LogP contribution in [0.15, 0.2) is 90.3 Å². The fourth-order valence-electron chi connectivity index (χ4n) is 3.22. The Labute approximate surface area is 168 Å². The molecular formula is C24H20N2OS. The summed E-state index contributed by atoms with van der Waals surface area (Å²) in [4.78, 5) is 17.7. The summed E-state index contributed by atoms with van der Waals surface area (Å²) in [6.45, 7) is 2.00. The van der Waals surface area contributed by atoms with Crippen molar-refractivity contribution in [2.45, 2.75) is 12.8 Å². The van der Waals surface area contributed by atoms with Gasteiger partial charge in [-0.15, -0.1) is 11.3 Å². The number of anilines is 1. The molecule has 1 amide bonds. The SMILES string of the molecule is Cc1nc(-c2ccc(NC(=O)C(c3ccccc3)c3ccccc3)cc2)cs1. The standard InChI is InChI=1S/C24H20N2OS/c1-17-25-22(16-28-17)18-12-14-21(15-13-18)26-24(27)23(19-8-4-2-5-9-19)20-10-6-3-7-11-20/h2-16,23H,1H3,(H,26,27). The van der Waals surface area contributed by atoms with Gasteiger partial charge in [-0.05, 0) is 30.2 Å². The van der Waals surface area contributed by atoms with Crippen LogP contribution in [0.4, 0.5) is 5.69 Å². The van der Waals surface area contributed by atoms with Crippen LogP contribution >= 0.6 is 11.3 Å². The molecule has 0 atom stereocenters. The van der Waals surface area contributed by atoms with E-state index < -0.39 is 0 Å². The fourth-order valence-corrected chi connectivity index (χ4v) is 3.84. The summed E-state index contributed by atoms with van der Waals surface area (Å²) in [5.74, 6) is -0.405. The Bertz CT molecular complexity index is 1020. The van der Waals surface area contributed by atoms with Crippen LogP contribution in [0.1, 0.15) is 22.1 Å². The predicted octanol–water partition coefficient (Wildman–Crippen LogP) is 5.89. The molecule has 0 radical (unpaired) electrons. The minimum atomic E-state index is -0.358. The maximum Gasteiger partial charge on any atom is 0.236 e. The molecule has 1 aromatic heterocycles. The average molecular weight is 385 g/mol. The number of nitrogens with one attached hydrogen (secondary N) is 1. The first-order valence-electron chi connectivity index (χ1n) is 9.14. The van der Waals surface area contributed by atoms with E-state index in [0.29, 0.717) is 0 Å². The molecule has 1 N–H and O–H groups in total. The molecule has 138 valence electrons. The molecule has 3 aromatic carbocycles. The third-order valence-corrected chi connectivity index (χ3v) is 5.37. The highest BCUT2D eigenvalue weighted by atomic mass is 32.1. The van der Waals surface area contributed by atoms with Gasteiger partial charge in [0.15, 0.2) is 0 Å². The van der Waals surface area contributed by atoms with Crippen molar-refractivity contribution in [3.05, 3.63) is 106 Å². The Hall–Kier alpha value is -3.24. The minimum absolute atomic E-state index is 0.0466. The number of hydrogen-bond acceptors (Lipinski definition) is 3. The molecule has 4 rings (SSSR count). The van der Waals surface area contributed by atoms with Crippen molar-refractivity contribution >= 4 is 22.9 Å². The van der Waals surface area contributed by atoms with Crippen molar-refractivity contribution in [3.8, 4) is 11.3 Å². The summed E-state index contributed by atoms with van der Waals surface area (Å²) < 4.78 is 0. The number of rotatable bonds is 5. The quantitative estimate of drug-likeness (QED) is 0.466. The van der Waals surface area contributed by atoms with E-state index in [2.05, 4.69) is 10.3 Å². The van der Waals surface area contributed by atoms with Crippen LogP contribution < -0.4 is 5.32 Å². The molecule has 0 fully saturated rings. The molecule has 28 heavy (non-hydrogen) atoms. The van der Waals surface area contributed by atoms with Gasteiger partial charge in [0.2, 0.25) is 5.91 Å². The van der Waals surface area contributed by atoms with Crippen LogP contribution in [0.5, 0.6) is 0 Å². The van der Waals surface area contributed by atoms with Gasteiger partial charge in [0, 0.05) is 16.6 Å². The summed E-state index contributed by atoms with van der Waals surface area (Å²) in [6.07, 6.45) is 0. The molecule has 0 saturated carbocycles. The Balaban J connectivity index is 1.58. The van der Waals surface area contributed by atoms with E-state index in [9.17, 15) is 4.79 Å². The summed E-state index contributed by atoms with van der Waals surface area (Å²) in [7, 11) is 0. The Morgan fingerprint density at radius 1 is 0.857 bits per heavy atom. The highest BCUT2D eigenvalue weighted by molar-refractivity contribution is 7.09. The average Bonchev–Trinajstić information content (AvgIpc) is 3.17. The minimum Gasteiger partial charge on any atom is -0.325 e. The third kappa shape index (κ3) is 4.02. The monoisotopic (exact) mass is 384 g/mol. The van der Waals surface area contributed by atoms with Gasteiger partial charge >= 0.3 is 0 Å². The molecule has 0 unspecified atom stereocenters. The molecule has 3 nitrogen and oxygen atoms in total. The van der Waals surface area contributed by atoms with Gasteiger partial charge in [0.1, 0.15) is 0 Å². The lowest BCUT2D eigenvalue weighted by Gasteiger charge is -2.18. The Morgan fingerprint density at radius 3 is 1.93 bits per heavy atom. The van der Waals surface area contributed by atoms with E-state index in [0.717, 1.165) is 33.1 Å². The molecule has 0 aliphatic carbocycles. The third-order valence-electron chi connectivity index (χ3n) is 4.60. The number of hydrogen-bond donors (Lipinski definition) is 1. The lowest BCUT2D eigenvalue weighted by atomic mass is 9.90. The first-order valence-corrected chi connectivity index (χ1v) is 10.0. The second-order valence-corrected chi connectivity index (χ2v) is 7.63. The largest absolute Gasteiger partial charge is 0.325 e. The van der Waals surface area contributed by atoms with E-state index >= 15 is 0 Å².